The van der Waals surface area contributed by atoms with Crippen molar-refractivity contribution in [1.82, 2.24) is 0 Å². The lowest BCUT2D eigenvalue weighted by molar-refractivity contribution is 0.876. The lowest BCUT2D eigenvalue weighted by Gasteiger charge is -2.28. The molecule has 2 nitrogen and oxygen atoms in total. The Bertz CT molecular complexity index is 809. The molecule has 0 radical (unpaired) electrons. The molecular formula is C21H22N2S. The van der Waals surface area contributed by atoms with Gasteiger partial charge in [0.1, 0.15) is 0 Å². The van der Waals surface area contributed by atoms with E-state index in [1.165, 1.54) is 27.4 Å². The zero-order valence-electron chi connectivity index (χ0n) is 14.1. The van der Waals surface area contributed by atoms with Gasteiger partial charge in [0.2, 0.25) is 0 Å². The van der Waals surface area contributed by atoms with Crippen LogP contribution < -0.4 is 9.80 Å². The quantitative estimate of drug-likeness (QED) is 0.744. The normalized spacial score (nSPS) is 20.4. The second-order valence-electron chi connectivity index (χ2n) is 6.24. The number of hydrogen-bond donors (Lipinski definition) is 0. The summed E-state index contributed by atoms with van der Waals surface area (Å²) in [6, 6.07) is 17.4. The van der Waals surface area contributed by atoms with E-state index in [0.29, 0.717) is 5.37 Å². The molecule has 0 saturated heterocycles. The molecule has 0 spiro atoms. The molecule has 0 fully saturated rings. The van der Waals surface area contributed by atoms with Crippen LogP contribution in [0.3, 0.4) is 0 Å². The maximum atomic E-state index is 2.39. The minimum absolute atomic E-state index is 0.341. The van der Waals surface area contributed by atoms with Crippen molar-refractivity contribution in [3.63, 3.8) is 0 Å². The summed E-state index contributed by atoms with van der Waals surface area (Å²) in [6.45, 7) is 3.29. The van der Waals surface area contributed by atoms with E-state index >= 15 is 0 Å². The number of hydrogen-bond acceptors (Lipinski definition) is 3. The molecule has 2 aromatic carbocycles. The highest BCUT2D eigenvalue weighted by Crippen LogP contribution is 2.44. The molecule has 2 heterocycles. The van der Waals surface area contributed by atoms with Crippen LogP contribution in [0.2, 0.25) is 0 Å². The number of anilines is 2. The van der Waals surface area contributed by atoms with Crippen molar-refractivity contribution in [2.45, 2.75) is 23.6 Å². The first-order valence-electron chi connectivity index (χ1n) is 8.52. The molecule has 0 amide bonds. The van der Waals surface area contributed by atoms with E-state index in [0.717, 1.165) is 13.0 Å². The summed E-state index contributed by atoms with van der Waals surface area (Å²) in [5.41, 5.74) is 5.29. The van der Waals surface area contributed by atoms with Crippen LogP contribution in [0.5, 0.6) is 0 Å². The Morgan fingerprint density at radius 1 is 1.04 bits per heavy atom. The Morgan fingerprint density at radius 3 is 2.58 bits per heavy atom. The maximum Gasteiger partial charge on any atom is 0.0988 e. The van der Waals surface area contributed by atoms with E-state index in [1.807, 2.05) is 11.8 Å². The summed E-state index contributed by atoms with van der Waals surface area (Å²) in [7, 11) is 2.18. The lowest BCUT2D eigenvalue weighted by Crippen LogP contribution is -2.24. The first kappa shape index (κ1) is 15.4. The smallest absolute Gasteiger partial charge is 0.0988 e. The van der Waals surface area contributed by atoms with Gasteiger partial charge < -0.3 is 9.80 Å². The van der Waals surface area contributed by atoms with Crippen LogP contribution in [-0.4, -0.2) is 19.0 Å². The van der Waals surface area contributed by atoms with Crippen LogP contribution in [0, 0.1) is 0 Å². The average Bonchev–Trinajstić information content (AvgIpc) is 2.93. The van der Waals surface area contributed by atoms with Gasteiger partial charge in [-0.15, -0.1) is 0 Å². The highest BCUT2D eigenvalue weighted by Gasteiger charge is 2.26. The van der Waals surface area contributed by atoms with Crippen LogP contribution in [0.4, 0.5) is 11.4 Å². The number of thioether (sulfide) groups is 1. The third kappa shape index (κ3) is 2.63. The predicted molar refractivity (Wildman–Crippen MR) is 106 cm³/mol. The number of rotatable bonds is 3. The summed E-state index contributed by atoms with van der Waals surface area (Å²) in [5, 5.41) is 0.341. The third-order valence-corrected chi connectivity index (χ3v) is 5.91. The first-order chi connectivity index (χ1) is 11.8. The lowest BCUT2D eigenvalue weighted by atomic mass is 9.99. The van der Waals surface area contributed by atoms with Crippen molar-refractivity contribution in [2.24, 2.45) is 0 Å². The van der Waals surface area contributed by atoms with Gasteiger partial charge in [-0.2, -0.15) is 0 Å². The van der Waals surface area contributed by atoms with Gasteiger partial charge >= 0.3 is 0 Å². The van der Waals surface area contributed by atoms with Crippen LogP contribution >= 0.6 is 11.8 Å². The molecule has 2 aliphatic rings. The fraction of sp³-hybridized carbons (Fsp3) is 0.238. The van der Waals surface area contributed by atoms with Crippen molar-refractivity contribution >= 4 is 28.7 Å². The zero-order valence-corrected chi connectivity index (χ0v) is 15.0. The second-order valence-corrected chi connectivity index (χ2v) is 7.39. The fourth-order valence-electron chi connectivity index (χ4n) is 3.38. The molecule has 0 saturated carbocycles. The molecule has 2 aliphatic heterocycles. The van der Waals surface area contributed by atoms with Gasteiger partial charge in [0.25, 0.3) is 0 Å². The molecule has 1 unspecified atom stereocenters. The second kappa shape index (κ2) is 6.40. The van der Waals surface area contributed by atoms with Crippen LogP contribution in [-0.2, 0) is 0 Å². The van der Waals surface area contributed by atoms with Crippen molar-refractivity contribution in [2.75, 3.05) is 23.4 Å². The highest BCUT2D eigenvalue weighted by atomic mass is 32.2. The van der Waals surface area contributed by atoms with Crippen molar-refractivity contribution in [3.8, 4) is 0 Å². The molecule has 1 atom stereocenters. The Hall–Kier alpha value is -2.13. The highest BCUT2D eigenvalue weighted by molar-refractivity contribution is 8.00. The van der Waals surface area contributed by atoms with Crippen LogP contribution in [0.1, 0.15) is 18.9 Å². The Kier molecular flexibility index (Phi) is 4.11. The minimum atomic E-state index is 0.341. The van der Waals surface area contributed by atoms with Crippen molar-refractivity contribution < 1.29 is 0 Å². The largest absolute Gasteiger partial charge is 0.358 e. The van der Waals surface area contributed by atoms with Crippen molar-refractivity contribution in [3.05, 3.63) is 72.4 Å². The first-order valence-corrected chi connectivity index (χ1v) is 9.40. The topological polar surface area (TPSA) is 6.48 Å². The molecule has 2 aromatic rings. The van der Waals surface area contributed by atoms with Gasteiger partial charge in [-0.25, -0.2) is 0 Å². The van der Waals surface area contributed by atoms with E-state index in [-0.39, 0.29) is 0 Å². The van der Waals surface area contributed by atoms with Gasteiger partial charge in [-0.1, -0.05) is 49.0 Å². The fourth-order valence-corrected chi connectivity index (χ4v) is 4.62. The Balaban J connectivity index is 1.68. The number of likely N-dealkylation sites (N-methyl/N-ethyl adjacent to an activating group) is 1. The molecule has 0 N–H and O–H groups in total. The van der Waals surface area contributed by atoms with Crippen LogP contribution in [0.15, 0.2) is 71.8 Å². The summed E-state index contributed by atoms with van der Waals surface area (Å²) in [4.78, 5) is 6.08. The van der Waals surface area contributed by atoms with Gasteiger partial charge in [0, 0.05) is 35.9 Å². The molecule has 24 heavy (non-hydrogen) atoms. The zero-order chi connectivity index (χ0) is 16.5. The molecule has 0 bridgehead atoms. The molecule has 3 heteroatoms. The molecule has 0 aromatic heterocycles. The van der Waals surface area contributed by atoms with E-state index in [1.54, 1.807) is 0 Å². The predicted octanol–water partition coefficient (Wildman–Crippen LogP) is 5.38. The summed E-state index contributed by atoms with van der Waals surface area (Å²) in [6.07, 6.45) is 8.03. The third-order valence-electron chi connectivity index (χ3n) is 4.62. The number of benzene rings is 2. The van der Waals surface area contributed by atoms with Crippen molar-refractivity contribution in [1.29, 1.82) is 0 Å². The number of allylic oxidation sites excluding steroid dienone is 2. The molecular weight excluding hydrogens is 312 g/mol. The van der Waals surface area contributed by atoms with Crippen LogP contribution in [0.25, 0.3) is 5.57 Å². The summed E-state index contributed by atoms with van der Waals surface area (Å²) < 4.78 is 0. The molecule has 0 aliphatic carbocycles. The van der Waals surface area contributed by atoms with Gasteiger partial charge in [0.05, 0.1) is 11.1 Å². The van der Waals surface area contributed by atoms with Gasteiger partial charge in [0.15, 0.2) is 0 Å². The van der Waals surface area contributed by atoms with E-state index < -0.39 is 0 Å². The molecule has 122 valence electrons. The van der Waals surface area contributed by atoms with Gasteiger partial charge in [-0.05, 0) is 42.3 Å². The summed E-state index contributed by atoms with van der Waals surface area (Å²) in [5.74, 6) is 0. The van der Waals surface area contributed by atoms with E-state index in [4.69, 9.17) is 0 Å². The average molecular weight is 334 g/mol. The minimum Gasteiger partial charge on any atom is -0.358 e. The Labute approximate surface area is 148 Å². The number of nitrogens with zero attached hydrogens (tertiary/aromatic N) is 2. The van der Waals surface area contributed by atoms with Gasteiger partial charge in [-0.3, -0.25) is 0 Å². The maximum absolute atomic E-state index is 2.39. The number of para-hydroxylation sites is 2. The summed E-state index contributed by atoms with van der Waals surface area (Å²) >= 11 is 1.93. The molecule has 4 rings (SSSR count). The Morgan fingerprint density at radius 2 is 1.79 bits per heavy atom. The standard InChI is InChI=1S/C21H22N2S/c1-3-13-23-14-12-16(17-8-4-5-9-18(17)23)15-21-22(2)19-10-6-7-11-20(19)24-21/h4-12,14-15,21H,3,13H2,1-2H3. The van der Waals surface area contributed by atoms with E-state index in [9.17, 15) is 0 Å². The number of fused-ring (bicyclic) bond motifs is 2. The SMILES string of the molecule is CCCN1C=CC(=CC2Sc3ccccc3N2C)c2ccccc21. The monoisotopic (exact) mass is 334 g/mol. The van der Waals surface area contributed by atoms with E-state index in [2.05, 4.69) is 90.7 Å².